The van der Waals surface area contributed by atoms with E-state index in [0.29, 0.717) is 0 Å². The van der Waals surface area contributed by atoms with Gasteiger partial charge in [-0.15, -0.1) is 0 Å². The zero-order chi connectivity index (χ0) is 32.6. The minimum Gasteiger partial charge on any atom is -0.310 e. The van der Waals surface area contributed by atoms with Crippen molar-refractivity contribution in [3.63, 3.8) is 0 Å². The number of fused-ring (bicyclic) bond motifs is 4. The van der Waals surface area contributed by atoms with Crippen molar-refractivity contribution in [2.45, 2.75) is 0 Å². The minimum atomic E-state index is 1.10. The van der Waals surface area contributed by atoms with Crippen LogP contribution in [0.3, 0.4) is 0 Å². The number of nitrogens with zero attached hydrogens (tertiary/aromatic N) is 1. The maximum Gasteiger partial charge on any atom is 0.0540 e. The Bertz CT molecular complexity index is 2620. The predicted molar refractivity (Wildman–Crippen MR) is 210 cm³/mol. The van der Waals surface area contributed by atoms with Gasteiger partial charge in [0, 0.05) is 16.9 Å². The van der Waals surface area contributed by atoms with Crippen molar-refractivity contribution in [1.82, 2.24) is 0 Å². The minimum absolute atomic E-state index is 1.10. The van der Waals surface area contributed by atoms with Crippen molar-refractivity contribution in [2.75, 3.05) is 4.90 Å². The van der Waals surface area contributed by atoms with Crippen molar-refractivity contribution in [3.05, 3.63) is 200 Å². The monoisotopic (exact) mass is 623 g/mol. The summed E-state index contributed by atoms with van der Waals surface area (Å²) in [7, 11) is 0. The average Bonchev–Trinajstić information content (AvgIpc) is 3.18. The summed E-state index contributed by atoms with van der Waals surface area (Å²) in [6.45, 7) is 0. The molecule has 0 saturated carbocycles. The molecule has 9 aromatic carbocycles. The lowest BCUT2D eigenvalue weighted by atomic mass is 9.93. The van der Waals surface area contributed by atoms with E-state index >= 15 is 0 Å². The normalized spacial score (nSPS) is 11.3. The molecule has 0 saturated heterocycles. The molecular formula is C48H33N. The van der Waals surface area contributed by atoms with Crippen LogP contribution in [0, 0.1) is 0 Å². The standard InChI is InChI=1S/C48H33N/c1-2-14-34(15-3-1)37-19-12-21-41(31-37)49(48-27-11-10-24-44(48)40-29-28-35-16-4-5-17-36(35)30-40)42-22-13-20-38(32-42)47-33-39-18-6-7-23-43(39)45-25-8-9-26-46(45)47/h1-33H. The molecule has 49 heavy (non-hydrogen) atoms. The molecule has 0 aromatic heterocycles. The molecule has 0 spiro atoms. The van der Waals surface area contributed by atoms with E-state index in [1.54, 1.807) is 0 Å². The number of rotatable bonds is 6. The van der Waals surface area contributed by atoms with Crippen LogP contribution in [0.5, 0.6) is 0 Å². The summed E-state index contributed by atoms with van der Waals surface area (Å²) in [5, 5.41) is 7.53. The highest BCUT2D eigenvalue weighted by atomic mass is 15.1. The van der Waals surface area contributed by atoms with E-state index in [0.717, 1.165) is 17.1 Å². The van der Waals surface area contributed by atoms with Gasteiger partial charge in [-0.25, -0.2) is 0 Å². The third kappa shape index (κ3) is 5.32. The van der Waals surface area contributed by atoms with Gasteiger partial charge in [0.25, 0.3) is 0 Å². The summed E-state index contributed by atoms with van der Waals surface area (Å²) < 4.78 is 0. The van der Waals surface area contributed by atoms with Crippen molar-refractivity contribution in [3.8, 4) is 33.4 Å². The van der Waals surface area contributed by atoms with Crippen LogP contribution in [-0.2, 0) is 0 Å². The Hall–Kier alpha value is -6.44. The Balaban J connectivity index is 1.27. The highest BCUT2D eigenvalue weighted by Gasteiger charge is 2.19. The average molecular weight is 624 g/mol. The van der Waals surface area contributed by atoms with Gasteiger partial charge in [-0.1, -0.05) is 158 Å². The fourth-order valence-electron chi connectivity index (χ4n) is 7.26. The molecule has 230 valence electrons. The molecular weight excluding hydrogens is 591 g/mol. The molecule has 0 fully saturated rings. The summed E-state index contributed by atoms with van der Waals surface area (Å²) in [5.74, 6) is 0. The first-order valence-corrected chi connectivity index (χ1v) is 16.8. The summed E-state index contributed by atoms with van der Waals surface area (Å²) in [5.41, 5.74) is 10.5. The Morgan fingerprint density at radius 1 is 0.265 bits per heavy atom. The zero-order valence-electron chi connectivity index (χ0n) is 27.0. The lowest BCUT2D eigenvalue weighted by Gasteiger charge is -2.29. The van der Waals surface area contributed by atoms with E-state index < -0.39 is 0 Å². The van der Waals surface area contributed by atoms with E-state index in [2.05, 4.69) is 205 Å². The molecule has 1 nitrogen and oxygen atoms in total. The molecule has 0 unspecified atom stereocenters. The fraction of sp³-hybridized carbons (Fsp3) is 0. The van der Waals surface area contributed by atoms with Crippen LogP contribution in [0.4, 0.5) is 17.1 Å². The SMILES string of the molecule is c1ccc(-c2cccc(N(c3cccc(-c4cc5ccccc5c5ccccc45)c3)c3ccccc3-c3ccc4ccccc4c3)c2)cc1. The zero-order valence-corrected chi connectivity index (χ0v) is 27.0. The molecule has 0 aliphatic rings. The smallest absolute Gasteiger partial charge is 0.0540 e. The second-order valence-electron chi connectivity index (χ2n) is 12.6. The number of anilines is 3. The second kappa shape index (κ2) is 12.3. The van der Waals surface area contributed by atoms with Crippen LogP contribution in [0.2, 0.25) is 0 Å². The van der Waals surface area contributed by atoms with Crippen LogP contribution < -0.4 is 4.90 Å². The molecule has 0 radical (unpaired) electrons. The van der Waals surface area contributed by atoms with Crippen LogP contribution in [0.25, 0.3) is 65.7 Å². The van der Waals surface area contributed by atoms with Gasteiger partial charge >= 0.3 is 0 Å². The number of benzene rings is 9. The van der Waals surface area contributed by atoms with Gasteiger partial charge in [-0.2, -0.15) is 0 Å². The fourth-order valence-corrected chi connectivity index (χ4v) is 7.26. The van der Waals surface area contributed by atoms with Crippen molar-refractivity contribution in [1.29, 1.82) is 0 Å². The topological polar surface area (TPSA) is 3.24 Å². The summed E-state index contributed by atoms with van der Waals surface area (Å²) in [6, 6.07) is 72.5. The molecule has 0 aliphatic carbocycles. The van der Waals surface area contributed by atoms with E-state index in [4.69, 9.17) is 0 Å². The maximum atomic E-state index is 2.42. The molecule has 0 bridgehead atoms. The Labute approximate surface area is 287 Å². The molecule has 0 N–H and O–H groups in total. The van der Waals surface area contributed by atoms with Crippen molar-refractivity contribution >= 4 is 49.4 Å². The number of hydrogen-bond acceptors (Lipinski definition) is 1. The second-order valence-corrected chi connectivity index (χ2v) is 12.6. The van der Waals surface area contributed by atoms with E-state index in [9.17, 15) is 0 Å². The predicted octanol–water partition coefficient (Wildman–Crippen LogP) is 13.6. The lowest BCUT2D eigenvalue weighted by Crippen LogP contribution is -2.11. The summed E-state index contributed by atoms with van der Waals surface area (Å²) in [6.07, 6.45) is 0. The Morgan fingerprint density at radius 3 is 1.65 bits per heavy atom. The molecule has 1 heteroatoms. The van der Waals surface area contributed by atoms with E-state index in [1.165, 1.54) is 65.7 Å². The van der Waals surface area contributed by atoms with E-state index in [-0.39, 0.29) is 0 Å². The highest BCUT2D eigenvalue weighted by molar-refractivity contribution is 6.14. The van der Waals surface area contributed by atoms with Crippen LogP contribution in [0.15, 0.2) is 200 Å². The lowest BCUT2D eigenvalue weighted by molar-refractivity contribution is 1.28. The molecule has 0 heterocycles. The number of hydrogen-bond donors (Lipinski definition) is 0. The first-order chi connectivity index (χ1) is 24.3. The van der Waals surface area contributed by atoms with E-state index in [1.807, 2.05) is 0 Å². The maximum absolute atomic E-state index is 2.42. The molecule has 0 amide bonds. The van der Waals surface area contributed by atoms with Gasteiger partial charge in [0.1, 0.15) is 0 Å². The van der Waals surface area contributed by atoms with Gasteiger partial charge < -0.3 is 4.90 Å². The first-order valence-electron chi connectivity index (χ1n) is 16.8. The Morgan fingerprint density at radius 2 is 0.837 bits per heavy atom. The van der Waals surface area contributed by atoms with Crippen molar-refractivity contribution in [2.24, 2.45) is 0 Å². The third-order valence-corrected chi connectivity index (χ3v) is 9.60. The van der Waals surface area contributed by atoms with Crippen molar-refractivity contribution < 1.29 is 0 Å². The Kier molecular flexibility index (Phi) is 7.22. The first kappa shape index (κ1) is 28.8. The highest BCUT2D eigenvalue weighted by Crippen LogP contribution is 2.44. The van der Waals surface area contributed by atoms with Gasteiger partial charge in [0.15, 0.2) is 0 Å². The van der Waals surface area contributed by atoms with Gasteiger partial charge in [-0.3, -0.25) is 0 Å². The molecule has 9 rings (SSSR count). The van der Waals surface area contributed by atoms with Gasteiger partial charge in [0.2, 0.25) is 0 Å². The van der Waals surface area contributed by atoms with Crippen LogP contribution in [0.1, 0.15) is 0 Å². The van der Waals surface area contributed by atoms with Gasteiger partial charge in [-0.05, 0) is 103 Å². The molecule has 9 aromatic rings. The van der Waals surface area contributed by atoms with Crippen LogP contribution in [-0.4, -0.2) is 0 Å². The molecule has 0 atom stereocenters. The van der Waals surface area contributed by atoms with Gasteiger partial charge in [0.05, 0.1) is 5.69 Å². The van der Waals surface area contributed by atoms with Crippen LogP contribution >= 0.6 is 0 Å². The number of para-hydroxylation sites is 1. The largest absolute Gasteiger partial charge is 0.310 e. The third-order valence-electron chi connectivity index (χ3n) is 9.60. The quantitative estimate of drug-likeness (QED) is 0.167. The summed E-state index contributed by atoms with van der Waals surface area (Å²) >= 11 is 0. The summed E-state index contributed by atoms with van der Waals surface area (Å²) in [4.78, 5) is 2.42. The molecule has 0 aliphatic heterocycles.